The summed E-state index contributed by atoms with van der Waals surface area (Å²) in [5, 5.41) is 7.49. The summed E-state index contributed by atoms with van der Waals surface area (Å²) in [6.07, 6.45) is 1.41. The monoisotopic (exact) mass is 67.0 g/mol. The third kappa shape index (κ3) is 2.85. The Hall–Kier alpha value is -1.15. The molecular formula is C3HNO. The first-order valence-electron chi connectivity index (χ1n) is 0.921. The van der Waals surface area contributed by atoms with Crippen LogP contribution in [0.25, 0.3) is 4.85 Å². The van der Waals surface area contributed by atoms with Gasteiger partial charge in [0.1, 0.15) is 6.57 Å². The van der Waals surface area contributed by atoms with Crippen molar-refractivity contribution in [1.29, 1.82) is 0 Å². The fourth-order valence-corrected chi connectivity index (χ4v) is 0.0250. The molecule has 0 saturated carbocycles. The Kier molecular flexibility index (Phi) is 2.19. The van der Waals surface area contributed by atoms with Crippen molar-refractivity contribution in [3.63, 3.8) is 0 Å². The van der Waals surface area contributed by atoms with Crippen LogP contribution in [0.2, 0.25) is 0 Å². The van der Waals surface area contributed by atoms with Crippen molar-refractivity contribution in [2.24, 2.45) is 0 Å². The summed E-state index contributed by atoms with van der Waals surface area (Å²) in [5.74, 6) is 0. The number of hydrogen-bond donors (Lipinski definition) is 1. The van der Waals surface area contributed by atoms with Crippen LogP contribution in [0.4, 0.5) is 0 Å². The lowest BCUT2D eigenvalue weighted by Crippen LogP contribution is -1.39. The van der Waals surface area contributed by atoms with E-state index in [2.05, 4.69) is 4.85 Å². The lowest BCUT2D eigenvalue weighted by molar-refractivity contribution is 0.517. The standard InChI is InChI=1S/C3HNO/c1-4-2-3-5/h5H. The van der Waals surface area contributed by atoms with E-state index in [0.717, 1.165) is 0 Å². The van der Waals surface area contributed by atoms with Crippen LogP contribution < -0.4 is 0 Å². The molecule has 0 rings (SSSR count). The summed E-state index contributed by atoms with van der Waals surface area (Å²) in [6, 6.07) is 1.71. The molecule has 0 fully saturated rings. The van der Waals surface area contributed by atoms with E-state index in [1.54, 1.807) is 6.04 Å². The van der Waals surface area contributed by atoms with Gasteiger partial charge in [-0.05, 0) is 0 Å². The average Bonchev–Trinajstić information content (AvgIpc) is 1.41. The van der Waals surface area contributed by atoms with Crippen LogP contribution in [0.3, 0.4) is 0 Å². The topological polar surface area (TPSA) is 24.6 Å². The maximum atomic E-state index is 7.49. The van der Waals surface area contributed by atoms with E-state index in [9.17, 15) is 0 Å². The molecule has 24 valence electrons. The van der Waals surface area contributed by atoms with Crippen LogP contribution in [0.15, 0.2) is 0 Å². The number of hydrogen-bond acceptors (Lipinski definition) is 1. The summed E-state index contributed by atoms with van der Waals surface area (Å²) in [5.41, 5.74) is 0. The molecule has 0 aliphatic rings. The Morgan fingerprint density at radius 2 is 2.40 bits per heavy atom. The molecule has 0 amide bonds. The molecule has 5 heavy (non-hydrogen) atoms. The van der Waals surface area contributed by atoms with Crippen molar-refractivity contribution >= 4 is 0 Å². The zero-order valence-electron chi connectivity index (χ0n) is 2.39. The van der Waals surface area contributed by atoms with Gasteiger partial charge in [-0.1, -0.05) is 0 Å². The van der Waals surface area contributed by atoms with E-state index in [1.807, 2.05) is 0 Å². The third-order valence-corrected chi connectivity index (χ3v) is 0.106. The van der Waals surface area contributed by atoms with E-state index in [-0.39, 0.29) is 0 Å². The van der Waals surface area contributed by atoms with Crippen molar-refractivity contribution in [3.8, 4) is 12.2 Å². The minimum Gasteiger partial charge on any atom is -0.474 e. The maximum absolute atomic E-state index is 7.49. The van der Waals surface area contributed by atoms with E-state index in [0.29, 0.717) is 0 Å². The molecule has 0 aliphatic heterocycles. The highest BCUT2D eigenvalue weighted by Crippen LogP contribution is 1.46. The molecule has 0 aromatic rings. The molecule has 0 unspecified atom stereocenters. The van der Waals surface area contributed by atoms with Crippen LogP contribution in [-0.2, 0) is 0 Å². The van der Waals surface area contributed by atoms with Gasteiger partial charge in [0.15, 0.2) is 6.04 Å². The van der Waals surface area contributed by atoms with Crippen LogP contribution in [0, 0.1) is 18.7 Å². The second-order valence-electron chi connectivity index (χ2n) is 0.335. The Bertz CT molecular complexity index is 100. The maximum Gasteiger partial charge on any atom is 0.175 e. The first-order chi connectivity index (χ1) is 2.41. The molecule has 2 heteroatoms. The van der Waals surface area contributed by atoms with Gasteiger partial charge in [0.25, 0.3) is 0 Å². The minimum atomic E-state index is 1.41. The normalized spacial score (nSPS) is 3.00. The summed E-state index contributed by atoms with van der Waals surface area (Å²) in [6.45, 7) is 5.89. The minimum absolute atomic E-state index is 1.41. The summed E-state index contributed by atoms with van der Waals surface area (Å²) < 4.78 is 0. The molecule has 0 atom stereocenters. The zero-order valence-corrected chi connectivity index (χ0v) is 2.39. The molecule has 0 bridgehead atoms. The Morgan fingerprint density at radius 1 is 1.80 bits per heavy atom. The van der Waals surface area contributed by atoms with Crippen LogP contribution in [0.1, 0.15) is 0 Å². The predicted octanol–water partition coefficient (Wildman–Crippen LogP) is 0.197. The quantitative estimate of drug-likeness (QED) is 0.317. The Balaban J connectivity index is 3.30. The molecule has 0 aromatic carbocycles. The SMILES string of the molecule is [C-]#[N+]C#CO. The Morgan fingerprint density at radius 3 is 2.40 bits per heavy atom. The average molecular weight is 67.0 g/mol. The molecule has 0 aliphatic carbocycles. The van der Waals surface area contributed by atoms with Crippen LogP contribution >= 0.6 is 0 Å². The summed E-state index contributed by atoms with van der Waals surface area (Å²) >= 11 is 0. The van der Waals surface area contributed by atoms with E-state index in [4.69, 9.17) is 11.7 Å². The number of rotatable bonds is 0. The highest BCUT2D eigenvalue weighted by Gasteiger charge is 1.38. The van der Waals surface area contributed by atoms with Gasteiger partial charge in [-0.2, -0.15) is 4.85 Å². The van der Waals surface area contributed by atoms with Crippen molar-refractivity contribution < 1.29 is 5.11 Å². The van der Waals surface area contributed by atoms with Gasteiger partial charge in [0.2, 0.25) is 0 Å². The smallest absolute Gasteiger partial charge is 0.175 e. The Labute approximate surface area is 29.9 Å². The fourth-order valence-electron chi connectivity index (χ4n) is 0.0250. The lowest BCUT2D eigenvalue weighted by Gasteiger charge is -1.45. The van der Waals surface area contributed by atoms with Gasteiger partial charge in [-0.15, -0.1) is 0 Å². The third-order valence-electron chi connectivity index (χ3n) is 0.106. The second kappa shape index (κ2) is 2.85. The lowest BCUT2D eigenvalue weighted by atomic mass is 11.1. The van der Waals surface area contributed by atoms with Gasteiger partial charge >= 0.3 is 0 Å². The van der Waals surface area contributed by atoms with Gasteiger partial charge in [-0.3, -0.25) is 0 Å². The highest BCUT2D eigenvalue weighted by atomic mass is 16.2. The van der Waals surface area contributed by atoms with Crippen molar-refractivity contribution in [2.75, 3.05) is 0 Å². The molecule has 0 aromatic heterocycles. The molecule has 1 N–H and O–H groups in total. The van der Waals surface area contributed by atoms with E-state index >= 15 is 0 Å². The van der Waals surface area contributed by atoms with Gasteiger partial charge in [0.05, 0.1) is 6.11 Å². The molecular weight excluding hydrogens is 66.0 g/mol. The van der Waals surface area contributed by atoms with Crippen LogP contribution in [-0.4, -0.2) is 5.11 Å². The number of aliphatic hydroxyl groups is 1. The van der Waals surface area contributed by atoms with Crippen molar-refractivity contribution in [2.45, 2.75) is 0 Å². The van der Waals surface area contributed by atoms with Gasteiger partial charge < -0.3 is 5.11 Å². The van der Waals surface area contributed by atoms with Gasteiger partial charge in [-0.25, -0.2) is 0 Å². The van der Waals surface area contributed by atoms with Crippen molar-refractivity contribution in [1.82, 2.24) is 0 Å². The summed E-state index contributed by atoms with van der Waals surface area (Å²) in [7, 11) is 0. The first-order valence-corrected chi connectivity index (χ1v) is 0.921. The highest BCUT2D eigenvalue weighted by molar-refractivity contribution is 4.98. The fraction of sp³-hybridized carbons (Fsp3) is 0. The second-order valence-corrected chi connectivity index (χ2v) is 0.335. The van der Waals surface area contributed by atoms with Gasteiger partial charge in [0, 0.05) is 0 Å². The van der Waals surface area contributed by atoms with E-state index in [1.165, 1.54) is 6.11 Å². The van der Waals surface area contributed by atoms with E-state index < -0.39 is 0 Å². The first kappa shape index (κ1) is 3.85. The molecule has 2 nitrogen and oxygen atoms in total. The van der Waals surface area contributed by atoms with Crippen LogP contribution in [0.5, 0.6) is 0 Å². The zero-order chi connectivity index (χ0) is 4.12. The molecule has 0 spiro atoms. The van der Waals surface area contributed by atoms with Crippen molar-refractivity contribution in [3.05, 3.63) is 11.4 Å². The molecule has 0 heterocycles. The largest absolute Gasteiger partial charge is 0.474 e. The number of nitrogens with zero attached hydrogens (tertiary/aromatic N) is 1. The summed E-state index contributed by atoms with van der Waals surface area (Å²) in [4.78, 5) is 2.49. The number of aliphatic hydroxyl groups excluding tert-OH is 1. The molecule has 0 saturated heterocycles. The molecule has 0 radical (unpaired) electrons. The predicted molar refractivity (Wildman–Crippen MR) is 16.3 cm³/mol.